The lowest BCUT2D eigenvalue weighted by Gasteiger charge is -2.20. The van der Waals surface area contributed by atoms with Gasteiger partial charge >= 0.3 is 0 Å². The van der Waals surface area contributed by atoms with Crippen LogP contribution in [0.4, 0.5) is 0 Å². The Morgan fingerprint density at radius 2 is 1.82 bits per heavy atom. The lowest BCUT2D eigenvalue weighted by Crippen LogP contribution is -2.33. The van der Waals surface area contributed by atoms with Gasteiger partial charge in [0.25, 0.3) is 0 Å². The maximum absolute atomic E-state index is 11.9. The van der Waals surface area contributed by atoms with Gasteiger partial charge in [0.15, 0.2) is 0 Å². The summed E-state index contributed by atoms with van der Waals surface area (Å²) >= 11 is 0. The van der Waals surface area contributed by atoms with Crippen molar-refractivity contribution in [3.8, 4) is 0 Å². The van der Waals surface area contributed by atoms with E-state index in [1.807, 2.05) is 18.2 Å². The van der Waals surface area contributed by atoms with E-state index in [1.165, 1.54) is 24.8 Å². The third kappa shape index (κ3) is 3.88. The molecular formula is C15H21NO. The highest BCUT2D eigenvalue weighted by Crippen LogP contribution is 2.23. The van der Waals surface area contributed by atoms with Gasteiger partial charge in [-0.25, -0.2) is 0 Å². The molecule has 2 heteroatoms. The van der Waals surface area contributed by atoms with Gasteiger partial charge in [0, 0.05) is 12.5 Å². The molecule has 0 aromatic heterocycles. The molecule has 0 spiro atoms. The Morgan fingerprint density at radius 1 is 1.12 bits per heavy atom. The van der Waals surface area contributed by atoms with Crippen LogP contribution in [0.5, 0.6) is 0 Å². The van der Waals surface area contributed by atoms with Crippen LogP contribution in [-0.4, -0.2) is 12.5 Å². The molecule has 2 nitrogen and oxygen atoms in total. The molecule has 1 saturated carbocycles. The zero-order valence-corrected chi connectivity index (χ0v) is 10.3. The average Bonchev–Trinajstić information content (AvgIpc) is 2.41. The number of amides is 1. The van der Waals surface area contributed by atoms with E-state index in [2.05, 4.69) is 17.4 Å². The normalized spacial score (nSPS) is 16.7. The summed E-state index contributed by atoms with van der Waals surface area (Å²) in [7, 11) is 0. The van der Waals surface area contributed by atoms with E-state index in [-0.39, 0.29) is 11.8 Å². The topological polar surface area (TPSA) is 29.1 Å². The minimum atomic E-state index is 0.264. The van der Waals surface area contributed by atoms with Crippen LogP contribution < -0.4 is 5.32 Å². The van der Waals surface area contributed by atoms with Crippen molar-refractivity contribution in [1.82, 2.24) is 5.32 Å². The molecule has 1 aliphatic rings. The van der Waals surface area contributed by atoms with Gasteiger partial charge in [-0.2, -0.15) is 0 Å². The van der Waals surface area contributed by atoms with Crippen molar-refractivity contribution in [3.63, 3.8) is 0 Å². The first-order chi connectivity index (χ1) is 8.36. The van der Waals surface area contributed by atoms with Gasteiger partial charge in [0.1, 0.15) is 0 Å². The molecule has 1 aromatic rings. The van der Waals surface area contributed by atoms with E-state index in [0.717, 1.165) is 25.8 Å². The van der Waals surface area contributed by atoms with E-state index in [1.54, 1.807) is 0 Å². The molecule has 0 bridgehead atoms. The van der Waals surface area contributed by atoms with Gasteiger partial charge in [-0.1, -0.05) is 49.6 Å². The van der Waals surface area contributed by atoms with Crippen molar-refractivity contribution in [2.24, 2.45) is 5.92 Å². The molecule has 92 valence electrons. The minimum Gasteiger partial charge on any atom is -0.356 e. The molecule has 1 aromatic carbocycles. The van der Waals surface area contributed by atoms with Crippen LogP contribution in [-0.2, 0) is 11.2 Å². The van der Waals surface area contributed by atoms with Crippen LogP contribution in [0.15, 0.2) is 30.3 Å². The van der Waals surface area contributed by atoms with E-state index in [4.69, 9.17) is 0 Å². The summed E-state index contributed by atoms with van der Waals surface area (Å²) in [6, 6.07) is 10.3. The van der Waals surface area contributed by atoms with E-state index >= 15 is 0 Å². The summed E-state index contributed by atoms with van der Waals surface area (Å²) in [6.45, 7) is 0.763. The van der Waals surface area contributed by atoms with Crippen molar-refractivity contribution >= 4 is 5.91 Å². The van der Waals surface area contributed by atoms with E-state index in [0.29, 0.717) is 0 Å². The van der Waals surface area contributed by atoms with Crippen LogP contribution in [0.1, 0.15) is 37.7 Å². The molecule has 0 heterocycles. The molecule has 0 unspecified atom stereocenters. The summed E-state index contributed by atoms with van der Waals surface area (Å²) in [5.41, 5.74) is 1.29. The fraction of sp³-hybridized carbons (Fsp3) is 0.533. The Morgan fingerprint density at radius 3 is 2.53 bits per heavy atom. The number of nitrogens with one attached hydrogen (secondary N) is 1. The largest absolute Gasteiger partial charge is 0.356 e. The maximum atomic E-state index is 11.9. The van der Waals surface area contributed by atoms with Crippen LogP contribution in [0.25, 0.3) is 0 Å². The molecule has 1 fully saturated rings. The smallest absolute Gasteiger partial charge is 0.223 e. The van der Waals surface area contributed by atoms with Crippen molar-refractivity contribution < 1.29 is 4.79 Å². The molecule has 0 aliphatic heterocycles. The lowest BCUT2D eigenvalue weighted by atomic mass is 9.88. The third-order valence-corrected chi connectivity index (χ3v) is 3.53. The van der Waals surface area contributed by atoms with Crippen LogP contribution >= 0.6 is 0 Å². The highest BCUT2D eigenvalue weighted by atomic mass is 16.1. The second-order valence-corrected chi connectivity index (χ2v) is 4.86. The zero-order chi connectivity index (χ0) is 11.9. The van der Waals surface area contributed by atoms with Gasteiger partial charge in [0.05, 0.1) is 0 Å². The van der Waals surface area contributed by atoms with Crippen LogP contribution in [0, 0.1) is 5.92 Å². The summed E-state index contributed by atoms with van der Waals surface area (Å²) in [4.78, 5) is 11.9. The first kappa shape index (κ1) is 12.2. The molecule has 2 rings (SSSR count). The SMILES string of the molecule is O=C(NCCc1ccccc1)C1CCCCC1. The molecule has 0 atom stereocenters. The number of carbonyl (C=O) groups excluding carboxylic acids is 1. The van der Waals surface area contributed by atoms with Crippen LogP contribution in [0.3, 0.4) is 0 Å². The molecular weight excluding hydrogens is 210 g/mol. The van der Waals surface area contributed by atoms with Crippen molar-refractivity contribution in [2.75, 3.05) is 6.54 Å². The standard InChI is InChI=1S/C15H21NO/c17-15(14-9-5-2-6-10-14)16-12-11-13-7-3-1-4-8-13/h1,3-4,7-8,14H,2,5-6,9-12H2,(H,16,17). The van der Waals surface area contributed by atoms with Gasteiger partial charge in [-0.3, -0.25) is 4.79 Å². The molecule has 17 heavy (non-hydrogen) atoms. The van der Waals surface area contributed by atoms with Crippen LogP contribution in [0.2, 0.25) is 0 Å². The second-order valence-electron chi connectivity index (χ2n) is 4.86. The predicted molar refractivity (Wildman–Crippen MR) is 69.7 cm³/mol. The fourth-order valence-corrected chi connectivity index (χ4v) is 2.48. The summed E-state index contributed by atoms with van der Waals surface area (Å²) in [6.07, 6.45) is 6.83. The fourth-order valence-electron chi connectivity index (χ4n) is 2.48. The lowest BCUT2D eigenvalue weighted by molar-refractivity contribution is -0.125. The molecule has 0 radical (unpaired) electrons. The highest BCUT2D eigenvalue weighted by Gasteiger charge is 2.20. The number of carbonyl (C=O) groups is 1. The second kappa shape index (κ2) is 6.43. The van der Waals surface area contributed by atoms with Gasteiger partial charge in [-0.15, -0.1) is 0 Å². The van der Waals surface area contributed by atoms with Gasteiger partial charge in [-0.05, 0) is 24.8 Å². The molecule has 1 amide bonds. The highest BCUT2D eigenvalue weighted by molar-refractivity contribution is 5.78. The number of rotatable bonds is 4. The Balaban J connectivity index is 1.69. The van der Waals surface area contributed by atoms with Gasteiger partial charge in [0.2, 0.25) is 5.91 Å². The van der Waals surface area contributed by atoms with Crippen molar-refractivity contribution in [2.45, 2.75) is 38.5 Å². The van der Waals surface area contributed by atoms with Gasteiger partial charge < -0.3 is 5.32 Å². The molecule has 1 aliphatic carbocycles. The minimum absolute atomic E-state index is 0.264. The summed E-state index contributed by atoms with van der Waals surface area (Å²) in [5, 5.41) is 3.06. The number of hydrogen-bond acceptors (Lipinski definition) is 1. The Hall–Kier alpha value is -1.31. The Kier molecular flexibility index (Phi) is 4.60. The van der Waals surface area contributed by atoms with Crippen molar-refractivity contribution in [1.29, 1.82) is 0 Å². The van der Waals surface area contributed by atoms with Crippen molar-refractivity contribution in [3.05, 3.63) is 35.9 Å². The molecule has 1 N–H and O–H groups in total. The molecule has 0 saturated heterocycles. The van der Waals surface area contributed by atoms with E-state index < -0.39 is 0 Å². The monoisotopic (exact) mass is 231 g/mol. The zero-order valence-electron chi connectivity index (χ0n) is 10.3. The first-order valence-corrected chi connectivity index (χ1v) is 6.68. The third-order valence-electron chi connectivity index (χ3n) is 3.53. The quantitative estimate of drug-likeness (QED) is 0.848. The first-order valence-electron chi connectivity index (χ1n) is 6.68. The predicted octanol–water partition coefficient (Wildman–Crippen LogP) is 2.93. The number of benzene rings is 1. The summed E-state index contributed by atoms with van der Waals surface area (Å²) < 4.78 is 0. The Bertz CT molecular complexity index is 341. The number of hydrogen-bond donors (Lipinski definition) is 1. The summed E-state index contributed by atoms with van der Waals surface area (Å²) in [5.74, 6) is 0.542. The maximum Gasteiger partial charge on any atom is 0.223 e. The Labute approximate surface area is 103 Å². The van der Waals surface area contributed by atoms with E-state index in [9.17, 15) is 4.79 Å². The average molecular weight is 231 g/mol.